The first-order valence-corrected chi connectivity index (χ1v) is 4.43. The highest BCUT2D eigenvalue weighted by atomic mass is 19.3. The Morgan fingerprint density at radius 3 is 2.53 bits per heavy atom. The number of halogens is 3. The van der Waals surface area contributed by atoms with Gasteiger partial charge in [0.25, 0.3) is 6.43 Å². The third-order valence-corrected chi connectivity index (χ3v) is 1.93. The molecule has 1 N–H and O–H groups in total. The van der Waals surface area contributed by atoms with E-state index < -0.39 is 18.3 Å². The lowest BCUT2D eigenvalue weighted by molar-refractivity contribution is 0.130. The van der Waals surface area contributed by atoms with Crippen molar-refractivity contribution in [1.82, 2.24) is 0 Å². The monoisotopic (exact) mass is 219 g/mol. The van der Waals surface area contributed by atoms with E-state index in [1.165, 1.54) is 32.2 Å². The number of hydrogen-bond donors (Lipinski definition) is 1. The van der Waals surface area contributed by atoms with Gasteiger partial charge in [0.05, 0.1) is 18.8 Å². The molecule has 0 saturated carbocycles. The Labute approximate surface area is 86.1 Å². The quantitative estimate of drug-likeness (QED) is 0.840. The second-order valence-electron chi connectivity index (χ2n) is 3.11. The van der Waals surface area contributed by atoms with Crippen molar-refractivity contribution in [2.45, 2.75) is 19.4 Å². The number of benzene rings is 1. The SMILES string of the molecule is COc1ccc(F)c(NC(C)C(F)F)c1. The van der Waals surface area contributed by atoms with Crippen LogP contribution in [0.3, 0.4) is 0 Å². The molecule has 1 aromatic carbocycles. The van der Waals surface area contributed by atoms with E-state index in [-0.39, 0.29) is 5.69 Å². The lowest BCUT2D eigenvalue weighted by Crippen LogP contribution is -2.24. The minimum absolute atomic E-state index is 0.0159. The van der Waals surface area contributed by atoms with Gasteiger partial charge in [0, 0.05) is 6.07 Å². The molecule has 0 aromatic heterocycles. The topological polar surface area (TPSA) is 21.3 Å². The summed E-state index contributed by atoms with van der Waals surface area (Å²) in [5.74, 6) is -0.163. The highest BCUT2D eigenvalue weighted by Gasteiger charge is 2.15. The molecule has 1 aromatic rings. The molecule has 0 aliphatic rings. The molecule has 0 spiro atoms. The van der Waals surface area contributed by atoms with E-state index in [0.29, 0.717) is 5.75 Å². The molecule has 0 heterocycles. The lowest BCUT2D eigenvalue weighted by Gasteiger charge is -2.15. The first-order valence-electron chi connectivity index (χ1n) is 4.43. The molecule has 0 aliphatic carbocycles. The summed E-state index contributed by atoms with van der Waals surface area (Å²) in [5.41, 5.74) is 0.0159. The van der Waals surface area contributed by atoms with Gasteiger partial charge in [-0.3, -0.25) is 0 Å². The van der Waals surface area contributed by atoms with Crippen molar-refractivity contribution in [3.8, 4) is 5.75 Å². The van der Waals surface area contributed by atoms with Crippen LogP contribution in [0.25, 0.3) is 0 Å². The molecule has 15 heavy (non-hydrogen) atoms. The van der Waals surface area contributed by atoms with E-state index in [1.807, 2.05) is 0 Å². The van der Waals surface area contributed by atoms with Crippen molar-refractivity contribution in [3.63, 3.8) is 0 Å². The molecule has 1 rings (SSSR count). The maximum atomic E-state index is 13.2. The number of ether oxygens (including phenoxy) is 1. The van der Waals surface area contributed by atoms with Crippen LogP contribution in [0.1, 0.15) is 6.92 Å². The number of alkyl halides is 2. The fraction of sp³-hybridized carbons (Fsp3) is 0.400. The Balaban J connectivity index is 2.83. The minimum Gasteiger partial charge on any atom is -0.497 e. The van der Waals surface area contributed by atoms with Crippen LogP contribution in [0.4, 0.5) is 18.9 Å². The van der Waals surface area contributed by atoms with Crippen LogP contribution < -0.4 is 10.1 Å². The summed E-state index contributed by atoms with van der Waals surface area (Å²) < 4.78 is 42.4. The van der Waals surface area contributed by atoms with Crippen LogP contribution in [-0.2, 0) is 0 Å². The van der Waals surface area contributed by atoms with Crippen LogP contribution in [0, 0.1) is 5.82 Å². The molecule has 0 amide bonds. The molecule has 84 valence electrons. The Bertz CT molecular complexity index is 330. The number of hydrogen-bond acceptors (Lipinski definition) is 2. The Hall–Kier alpha value is -1.39. The number of methoxy groups -OCH3 is 1. The van der Waals surface area contributed by atoms with Crippen molar-refractivity contribution < 1.29 is 17.9 Å². The molecule has 0 aliphatic heterocycles. The average molecular weight is 219 g/mol. The van der Waals surface area contributed by atoms with Gasteiger partial charge in [-0.1, -0.05) is 0 Å². The predicted molar refractivity (Wildman–Crippen MR) is 52.0 cm³/mol. The molecular formula is C10H12F3NO. The predicted octanol–water partition coefficient (Wildman–Crippen LogP) is 2.90. The summed E-state index contributed by atoms with van der Waals surface area (Å²) >= 11 is 0. The van der Waals surface area contributed by atoms with Gasteiger partial charge in [0.2, 0.25) is 0 Å². The maximum Gasteiger partial charge on any atom is 0.258 e. The highest BCUT2D eigenvalue weighted by Crippen LogP contribution is 2.22. The zero-order chi connectivity index (χ0) is 11.4. The van der Waals surface area contributed by atoms with Gasteiger partial charge >= 0.3 is 0 Å². The van der Waals surface area contributed by atoms with Crippen LogP contribution in [-0.4, -0.2) is 19.6 Å². The van der Waals surface area contributed by atoms with Gasteiger partial charge in [0.15, 0.2) is 0 Å². The lowest BCUT2D eigenvalue weighted by atomic mass is 10.2. The third-order valence-electron chi connectivity index (χ3n) is 1.93. The van der Waals surface area contributed by atoms with Gasteiger partial charge in [-0.25, -0.2) is 13.2 Å². The van der Waals surface area contributed by atoms with Crippen molar-refractivity contribution in [3.05, 3.63) is 24.0 Å². The molecule has 5 heteroatoms. The fourth-order valence-corrected chi connectivity index (χ4v) is 1.05. The number of nitrogens with one attached hydrogen (secondary N) is 1. The summed E-state index contributed by atoms with van der Waals surface area (Å²) in [6.07, 6.45) is -2.55. The summed E-state index contributed by atoms with van der Waals surface area (Å²) in [6, 6.07) is 2.83. The van der Waals surface area contributed by atoms with E-state index in [1.54, 1.807) is 0 Å². The molecule has 0 fully saturated rings. The normalized spacial score (nSPS) is 12.7. The van der Waals surface area contributed by atoms with Crippen LogP contribution in [0.2, 0.25) is 0 Å². The van der Waals surface area contributed by atoms with Crippen molar-refractivity contribution in [1.29, 1.82) is 0 Å². The summed E-state index contributed by atoms with van der Waals surface area (Å²) in [6.45, 7) is 1.28. The Morgan fingerprint density at radius 2 is 2.00 bits per heavy atom. The highest BCUT2D eigenvalue weighted by molar-refractivity contribution is 5.50. The molecule has 0 bridgehead atoms. The Kier molecular flexibility index (Phi) is 3.82. The standard InChI is InChI=1S/C10H12F3NO/c1-6(10(12)13)14-9-5-7(15-2)3-4-8(9)11/h3-6,10,14H,1-2H3. The molecule has 0 radical (unpaired) electrons. The summed E-state index contributed by atoms with van der Waals surface area (Å²) in [5, 5.41) is 2.38. The maximum absolute atomic E-state index is 13.2. The second kappa shape index (κ2) is 4.91. The zero-order valence-electron chi connectivity index (χ0n) is 8.43. The second-order valence-corrected chi connectivity index (χ2v) is 3.11. The van der Waals surface area contributed by atoms with Crippen LogP contribution >= 0.6 is 0 Å². The minimum atomic E-state index is -2.55. The van der Waals surface area contributed by atoms with Gasteiger partial charge in [-0.05, 0) is 19.1 Å². The molecule has 2 nitrogen and oxygen atoms in total. The summed E-state index contributed by atoms with van der Waals surface area (Å²) in [7, 11) is 1.42. The molecule has 0 saturated heterocycles. The van der Waals surface area contributed by atoms with Crippen molar-refractivity contribution >= 4 is 5.69 Å². The zero-order valence-corrected chi connectivity index (χ0v) is 8.43. The summed E-state index contributed by atoms with van der Waals surface area (Å²) in [4.78, 5) is 0. The largest absolute Gasteiger partial charge is 0.497 e. The molecular weight excluding hydrogens is 207 g/mol. The first-order chi connectivity index (χ1) is 7.04. The number of rotatable bonds is 4. The van der Waals surface area contributed by atoms with Gasteiger partial charge < -0.3 is 10.1 Å². The van der Waals surface area contributed by atoms with Gasteiger partial charge in [-0.15, -0.1) is 0 Å². The van der Waals surface area contributed by atoms with E-state index in [4.69, 9.17) is 4.74 Å². The van der Waals surface area contributed by atoms with Crippen LogP contribution in [0.5, 0.6) is 5.75 Å². The van der Waals surface area contributed by atoms with E-state index in [2.05, 4.69) is 5.32 Å². The van der Waals surface area contributed by atoms with Crippen molar-refractivity contribution in [2.75, 3.05) is 12.4 Å². The van der Waals surface area contributed by atoms with E-state index in [9.17, 15) is 13.2 Å². The van der Waals surface area contributed by atoms with E-state index in [0.717, 1.165) is 0 Å². The fourth-order valence-electron chi connectivity index (χ4n) is 1.05. The third kappa shape index (κ3) is 3.04. The van der Waals surface area contributed by atoms with Gasteiger partial charge in [-0.2, -0.15) is 0 Å². The first kappa shape index (κ1) is 11.7. The smallest absolute Gasteiger partial charge is 0.258 e. The average Bonchev–Trinajstić information content (AvgIpc) is 2.21. The molecule has 1 atom stereocenters. The van der Waals surface area contributed by atoms with Crippen molar-refractivity contribution in [2.24, 2.45) is 0 Å². The van der Waals surface area contributed by atoms with E-state index >= 15 is 0 Å². The molecule has 1 unspecified atom stereocenters. The van der Waals surface area contributed by atoms with Crippen LogP contribution in [0.15, 0.2) is 18.2 Å². The number of anilines is 1. The Morgan fingerprint density at radius 1 is 1.33 bits per heavy atom. The van der Waals surface area contributed by atoms with Gasteiger partial charge in [0.1, 0.15) is 11.6 Å².